The van der Waals surface area contributed by atoms with Crippen molar-refractivity contribution in [2.24, 2.45) is 5.92 Å². The zero-order valence-electron chi connectivity index (χ0n) is 8.21. The van der Waals surface area contributed by atoms with Gasteiger partial charge in [-0.15, -0.1) is 0 Å². The van der Waals surface area contributed by atoms with Crippen LogP contribution in [0.25, 0.3) is 0 Å². The molecule has 1 saturated carbocycles. The third kappa shape index (κ3) is 1.70. The van der Waals surface area contributed by atoms with E-state index in [1.807, 2.05) is 0 Å². The monoisotopic (exact) mass is 184 g/mol. The van der Waals surface area contributed by atoms with E-state index < -0.39 is 5.79 Å². The maximum absolute atomic E-state index is 11.5. The SMILES string of the molecule is CC1(C)OC(=O)C2CCCCC2O1. The number of rotatable bonds is 0. The predicted octanol–water partition coefficient (Wildman–Crippen LogP) is 1.85. The smallest absolute Gasteiger partial charge is 0.314 e. The first-order valence-electron chi connectivity index (χ1n) is 4.99. The molecule has 0 N–H and O–H groups in total. The highest BCUT2D eigenvalue weighted by atomic mass is 16.7. The first-order valence-corrected chi connectivity index (χ1v) is 4.99. The maximum atomic E-state index is 11.5. The van der Waals surface area contributed by atoms with Gasteiger partial charge < -0.3 is 9.47 Å². The molecule has 1 aliphatic carbocycles. The Morgan fingerprint density at radius 1 is 1.31 bits per heavy atom. The molecule has 0 aromatic heterocycles. The molecule has 2 atom stereocenters. The second kappa shape index (κ2) is 2.98. The van der Waals surface area contributed by atoms with Crippen molar-refractivity contribution < 1.29 is 14.3 Å². The van der Waals surface area contributed by atoms with Gasteiger partial charge in [-0.2, -0.15) is 0 Å². The molecule has 74 valence electrons. The largest absolute Gasteiger partial charge is 0.433 e. The third-order valence-electron chi connectivity index (χ3n) is 2.79. The fourth-order valence-electron chi connectivity index (χ4n) is 2.21. The molecule has 0 spiro atoms. The van der Waals surface area contributed by atoms with Gasteiger partial charge in [0.2, 0.25) is 5.79 Å². The molecular formula is C10H16O3. The van der Waals surface area contributed by atoms with Crippen molar-refractivity contribution in [2.45, 2.75) is 51.4 Å². The van der Waals surface area contributed by atoms with Crippen LogP contribution >= 0.6 is 0 Å². The van der Waals surface area contributed by atoms with E-state index in [0.717, 1.165) is 19.3 Å². The highest BCUT2D eigenvalue weighted by Gasteiger charge is 2.43. The summed E-state index contributed by atoms with van der Waals surface area (Å²) in [5.74, 6) is -0.780. The summed E-state index contributed by atoms with van der Waals surface area (Å²) in [4.78, 5) is 11.5. The Hall–Kier alpha value is -0.570. The summed E-state index contributed by atoms with van der Waals surface area (Å²) in [5.41, 5.74) is 0. The summed E-state index contributed by atoms with van der Waals surface area (Å²) >= 11 is 0. The number of ether oxygens (including phenoxy) is 2. The van der Waals surface area contributed by atoms with Crippen molar-refractivity contribution in [3.05, 3.63) is 0 Å². The van der Waals surface area contributed by atoms with Crippen molar-refractivity contribution in [1.29, 1.82) is 0 Å². The lowest BCUT2D eigenvalue weighted by atomic mass is 9.85. The number of hydrogen-bond donors (Lipinski definition) is 0. The minimum atomic E-state index is -0.713. The summed E-state index contributed by atoms with van der Waals surface area (Å²) in [6, 6.07) is 0. The van der Waals surface area contributed by atoms with Crippen LogP contribution in [0.1, 0.15) is 39.5 Å². The van der Waals surface area contributed by atoms with E-state index in [-0.39, 0.29) is 18.0 Å². The molecule has 3 nitrogen and oxygen atoms in total. The summed E-state index contributed by atoms with van der Waals surface area (Å²) < 4.78 is 10.9. The molecular weight excluding hydrogens is 168 g/mol. The van der Waals surface area contributed by atoms with Crippen LogP contribution in [0.5, 0.6) is 0 Å². The van der Waals surface area contributed by atoms with Gasteiger partial charge in [-0.25, -0.2) is 0 Å². The molecule has 1 heterocycles. The van der Waals surface area contributed by atoms with Crippen LogP contribution < -0.4 is 0 Å². The molecule has 0 amide bonds. The Kier molecular flexibility index (Phi) is 2.06. The van der Waals surface area contributed by atoms with Gasteiger partial charge in [-0.1, -0.05) is 12.8 Å². The van der Waals surface area contributed by atoms with E-state index in [1.54, 1.807) is 13.8 Å². The molecule has 0 radical (unpaired) electrons. The molecule has 2 fully saturated rings. The van der Waals surface area contributed by atoms with Crippen molar-refractivity contribution in [3.8, 4) is 0 Å². The van der Waals surface area contributed by atoms with Crippen LogP contribution in [0.2, 0.25) is 0 Å². The topological polar surface area (TPSA) is 35.5 Å². The number of esters is 1. The van der Waals surface area contributed by atoms with Crippen molar-refractivity contribution in [2.75, 3.05) is 0 Å². The molecule has 0 aromatic rings. The van der Waals surface area contributed by atoms with Gasteiger partial charge in [-0.3, -0.25) is 4.79 Å². The van der Waals surface area contributed by atoms with Gasteiger partial charge in [0, 0.05) is 13.8 Å². The molecule has 2 unspecified atom stereocenters. The van der Waals surface area contributed by atoms with E-state index in [9.17, 15) is 4.79 Å². The van der Waals surface area contributed by atoms with Crippen molar-refractivity contribution in [3.63, 3.8) is 0 Å². The van der Waals surface area contributed by atoms with E-state index in [1.165, 1.54) is 6.42 Å². The standard InChI is InChI=1S/C10H16O3/c1-10(2)12-8-6-4-3-5-7(8)9(11)13-10/h7-8H,3-6H2,1-2H3. The minimum absolute atomic E-state index is 0.00164. The number of fused-ring (bicyclic) bond motifs is 1. The Morgan fingerprint density at radius 2 is 2.00 bits per heavy atom. The Morgan fingerprint density at radius 3 is 2.77 bits per heavy atom. The van der Waals surface area contributed by atoms with Crippen LogP contribution in [-0.2, 0) is 14.3 Å². The Balaban J connectivity index is 2.12. The summed E-state index contributed by atoms with van der Waals surface area (Å²) in [5, 5.41) is 0. The molecule has 13 heavy (non-hydrogen) atoms. The van der Waals surface area contributed by atoms with E-state index >= 15 is 0 Å². The summed E-state index contributed by atoms with van der Waals surface area (Å²) in [7, 11) is 0. The van der Waals surface area contributed by atoms with E-state index in [0.29, 0.717) is 0 Å². The quantitative estimate of drug-likeness (QED) is 0.539. The lowest BCUT2D eigenvalue weighted by Gasteiger charge is -2.41. The van der Waals surface area contributed by atoms with Gasteiger partial charge in [-0.05, 0) is 12.8 Å². The summed E-state index contributed by atoms with van der Waals surface area (Å²) in [6.07, 6.45) is 4.33. The van der Waals surface area contributed by atoms with Gasteiger partial charge >= 0.3 is 5.97 Å². The van der Waals surface area contributed by atoms with Gasteiger partial charge in [0.15, 0.2) is 0 Å². The second-order valence-electron chi connectivity index (χ2n) is 4.37. The predicted molar refractivity (Wildman–Crippen MR) is 47.0 cm³/mol. The normalized spacial score (nSPS) is 37.8. The van der Waals surface area contributed by atoms with Crippen LogP contribution in [0.3, 0.4) is 0 Å². The number of cyclic esters (lactones) is 1. The average Bonchev–Trinajstić information content (AvgIpc) is 2.02. The maximum Gasteiger partial charge on any atom is 0.314 e. The highest BCUT2D eigenvalue weighted by molar-refractivity contribution is 5.74. The fraction of sp³-hybridized carbons (Fsp3) is 0.900. The van der Waals surface area contributed by atoms with Crippen LogP contribution in [-0.4, -0.2) is 17.9 Å². The lowest BCUT2D eigenvalue weighted by Crippen LogP contribution is -2.49. The first kappa shape index (κ1) is 9.00. The van der Waals surface area contributed by atoms with Gasteiger partial charge in [0.05, 0.1) is 12.0 Å². The second-order valence-corrected chi connectivity index (χ2v) is 4.37. The Labute approximate surface area is 78.4 Å². The molecule has 3 heteroatoms. The highest BCUT2D eigenvalue weighted by Crippen LogP contribution is 2.35. The summed E-state index contributed by atoms with van der Waals surface area (Å²) in [6.45, 7) is 3.60. The first-order chi connectivity index (χ1) is 6.08. The molecule has 0 aromatic carbocycles. The lowest BCUT2D eigenvalue weighted by molar-refractivity contribution is -0.276. The zero-order chi connectivity index (χ0) is 9.47. The van der Waals surface area contributed by atoms with Crippen LogP contribution in [0.15, 0.2) is 0 Å². The van der Waals surface area contributed by atoms with Crippen molar-refractivity contribution in [1.82, 2.24) is 0 Å². The fourth-order valence-corrected chi connectivity index (χ4v) is 2.21. The van der Waals surface area contributed by atoms with Gasteiger partial charge in [0.1, 0.15) is 0 Å². The molecule has 0 bridgehead atoms. The molecule has 1 aliphatic heterocycles. The zero-order valence-corrected chi connectivity index (χ0v) is 8.21. The number of carbonyl (C=O) groups excluding carboxylic acids is 1. The third-order valence-corrected chi connectivity index (χ3v) is 2.79. The average molecular weight is 184 g/mol. The van der Waals surface area contributed by atoms with E-state index in [2.05, 4.69) is 0 Å². The van der Waals surface area contributed by atoms with E-state index in [4.69, 9.17) is 9.47 Å². The van der Waals surface area contributed by atoms with Crippen molar-refractivity contribution >= 4 is 5.97 Å². The Bertz CT molecular complexity index is 222. The molecule has 1 saturated heterocycles. The molecule has 2 rings (SSSR count). The number of carbonyl (C=O) groups is 1. The van der Waals surface area contributed by atoms with Gasteiger partial charge in [0.25, 0.3) is 0 Å². The number of hydrogen-bond acceptors (Lipinski definition) is 3. The van der Waals surface area contributed by atoms with Crippen LogP contribution in [0, 0.1) is 5.92 Å². The van der Waals surface area contributed by atoms with Crippen LogP contribution in [0.4, 0.5) is 0 Å². The molecule has 2 aliphatic rings. The minimum Gasteiger partial charge on any atom is -0.433 e.